The van der Waals surface area contributed by atoms with Gasteiger partial charge in [-0.15, -0.1) is 0 Å². The van der Waals surface area contributed by atoms with Crippen LogP contribution in [0.5, 0.6) is 0 Å². The maximum absolute atomic E-state index is 10.6. The summed E-state index contributed by atoms with van der Waals surface area (Å²) in [6, 6.07) is 0. The molecule has 1 rings (SSSR count). The summed E-state index contributed by atoms with van der Waals surface area (Å²) in [6.45, 7) is 1.99. The summed E-state index contributed by atoms with van der Waals surface area (Å²) in [5.41, 5.74) is 1.60. The Morgan fingerprint density at radius 2 is 2.47 bits per heavy atom. The van der Waals surface area contributed by atoms with Gasteiger partial charge in [0.15, 0.2) is 0 Å². The fourth-order valence-corrected chi connectivity index (χ4v) is 1.48. The summed E-state index contributed by atoms with van der Waals surface area (Å²) in [6.07, 6.45) is 14.6. The zero-order valence-corrected chi connectivity index (χ0v) is 9.87. The van der Waals surface area contributed by atoms with Crippen molar-refractivity contribution in [3.05, 3.63) is 58.0 Å². The van der Waals surface area contributed by atoms with E-state index in [1.165, 1.54) is 0 Å². The third-order valence-corrected chi connectivity index (χ3v) is 2.26. The molecule has 0 saturated heterocycles. The van der Waals surface area contributed by atoms with E-state index in [1.807, 2.05) is 25.2 Å². The van der Waals surface area contributed by atoms with Crippen molar-refractivity contribution in [2.24, 2.45) is 4.99 Å². The molecule has 0 saturated carbocycles. The molecule has 4 heteroatoms. The van der Waals surface area contributed by atoms with E-state index in [9.17, 15) is 10.1 Å². The van der Waals surface area contributed by atoms with Gasteiger partial charge in [-0.3, -0.25) is 15.1 Å². The highest BCUT2D eigenvalue weighted by molar-refractivity contribution is 5.57. The van der Waals surface area contributed by atoms with E-state index in [4.69, 9.17) is 0 Å². The smallest absolute Gasteiger partial charge is 0.241 e. The molecule has 0 amide bonds. The van der Waals surface area contributed by atoms with Gasteiger partial charge in [-0.05, 0) is 30.9 Å². The lowest BCUT2D eigenvalue weighted by Gasteiger charge is -2.07. The van der Waals surface area contributed by atoms with Crippen molar-refractivity contribution in [2.75, 3.05) is 0 Å². The first-order chi connectivity index (χ1) is 8.24. The first kappa shape index (κ1) is 13.1. The fourth-order valence-electron chi connectivity index (χ4n) is 1.48. The molecule has 1 aliphatic rings. The lowest BCUT2D eigenvalue weighted by atomic mass is 9.98. The van der Waals surface area contributed by atoms with Crippen molar-refractivity contribution in [1.82, 2.24) is 0 Å². The van der Waals surface area contributed by atoms with Crippen LogP contribution in [0.15, 0.2) is 52.8 Å². The van der Waals surface area contributed by atoms with Crippen molar-refractivity contribution in [2.45, 2.75) is 26.2 Å². The van der Waals surface area contributed by atoms with Gasteiger partial charge in [0.05, 0.1) is 4.92 Å². The Balaban J connectivity index is 2.85. The highest BCUT2D eigenvalue weighted by Gasteiger charge is 2.07. The van der Waals surface area contributed by atoms with E-state index >= 15 is 0 Å². The third-order valence-electron chi connectivity index (χ3n) is 2.26. The van der Waals surface area contributed by atoms with Gasteiger partial charge in [-0.2, -0.15) is 0 Å². The summed E-state index contributed by atoms with van der Waals surface area (Å²) < 4.78 is 0. The van der Waals surface area contributed by atoms with E-state index in [2.05, 4.69) is 4.99 Å². The largest absolute Gasteiger partial charge is 0.269 e. The summed E-state index contributed by atoms with van der Waals surface area (Å²) in [5.74, 6) is 0. The molecule has 0 aromatic heterocycles. The van der Waals surface area contributed by atoms with Gasteiger partial charge in [0, 0.05) is 18.0 Å². The number of rotatable bonds is 5. The SMILES string of the molecule is CCC=N/C=C\C(=C\[N+](=O)[O-])C1=CC=CCC1. The van der Waals surface area contributed by atoms with Gasteiger partial charge in [0.25, 0.3) is 0 Å². The Morgan fingerprint density at radius 1 is 1.65 bits per heavy atom. The lowest BCUT2D eigenvalue weighted by Crippen LogP contribution is -1.95. The maximum Gasteiger partial charge on any atom is 0.241 e. The molecule has 0 N–H and O–H groups in total. The van der Waals surface area contributed by atoms with Crippen LogP contribution in [0.4, 0.5) is 0 Å². The minimum Gasteiger partial charge on any atom is -0.269 e. The third kappa shape index (κ3) is 5.06. The van der Waals surface area contributed by atoms with Crippen LogP contribution in [-0.2, 0) is 0 Å². The Labute approximate surface area is 101 Å². The normalized spacial score (nSPS) is 16.8. The molecule has 0 spiro atoms. The molecule has 1 aliphatic carbocycles. The van der Waals surface area contributed by atoms with Crippen LogP contribution in [-0.4, -0.2) is 11.1 Å². The minimum atomic E-state index is -0.428. The minimum absolute atomic E-state index is 0.428. The van der Waals surface area contributed by atoms with Gasteiger partial charge >= 0.3 is 0 Å². The molecule has 0 bridgehead atoms. The van der Waals surface area contributed by atoms with Crippen molar-refractivity contribution < 1.29 is 4.92 Å². The summed E-state index contributed by atoms with van der Waals surface area (Å²) >= 11 is 0. The average molecular weight is 232 g/mol. The number of hydrogen-bond donors (Lipinski definition) is 0. The number of aliphatic imine (C=N–C) groups is 1. The standard InChI is InChI=1S/C13H16N2O2/c1-2-9-14-10-8-13(11-15(16)17)12-6-4-3-5-7-12/h3-4,6,8-11H,2,5,7H2,1H3/b10-8-,13-11-,14-9?. The van der Waals surface area contributed by atoms with Crippen LogP contribution in [0.2, 0.25) is 0 Å². The molecule has 17 heavy (non-hydrogen) atoms. The predicted molar refractivity (Wildman–Crippen MR) is 69.5 cm³/mol. The molecule has 0 aliphatic heterocycles. The van der Waals surface area contributed by atoms with Crippen molar-refractivity contribution in [3.8, 4) is 0 Å². The van der Waals surface area contributed by atoms with Crippen molar-refractivity contribution in [3.63, 3.8) is 0 Å². The molecule has 0 unspecified atom stereocenters. The first-order valence-corrected chi connectivity index (χ1v) is 5.63. The summed E-state index contributed by atoms with van der Waals surface area (Å²) in [5, 5.41) is 10.6. The second-order valence-corrected chi connectivity index (χ2v) is 3.58. The molecule has 0 heterocycles. The fraction of sp³-hybridized carbons (Fsp3) is 0.308. The Morgan fingerprint density at radius 3 is 3.06 bits per heavy atom. The van der Waals surface area contributed by atoms with E-state index in [-0.39, 0.29) is 0 Å². The van der Waals surface area contributed by atoms with Crippen LogP contribution in [0, 0.1) is 10.1 Å². The number of hydrogen-bond acceptors (Lipinski definition) is 3. The van der Waals surface area contributed by atoms with Gasteiger partial charge in [0.1, 0.15) is 0 Å². The average Bonchev–Trinajstić information content (AvgIpc) is 2.34. The molecule has 0 aromatic rings. The zero-order chi connectivity index (χ0) is 12.5. The Kier molecular flexibility index (Phi) is 5.64. The van der Waals surface area contributed by atoms with E-state index in [1.54, 1.807) is 18.5 Å². The van der Waals surface area contributed by atoms with Gasteiger partial charge < -0.3 is 0 Å². The van der Waals surface area contributed by atoms with Gasteiger partial charge in [-0.1, -0.05) is 25.2 Å². The Hall–Kier alpha value is -1.97. The summed E-state index contributed by atoms with van der Waals surface area (Å²) in [7, 11) is 0. The molecule has 0 fully saturated rings. The molecule has 0 radical (unpaired) electrons. The number of allylic oxidation sites excluding steroid dienone is 6. The number of nitro groups is 1. The lowest BCUT2D eigenvalue weighted by molar-refractivity contribution is -0.403. The number of nitrogens with zero attached hydrogens (tertiary/aromatic N) is 2. The second kappa shape index (κ2) is 7.33. The van der Waals surface area contributed by atoms with Crippen LogP contribution >= 0.6 is 0 Å². The monoisotopic (exact) mass is 232 g/mol. The Bertz CT molecular complexity index is 415. The van der Waals surface area contributed by atoms with Gasteiger partial charge in [0.2, 0.25) is 6.20 Å². The van der Waals surface area contributed by atoms with Crippen LogP contribution in [0.3, 0.4) is 0 Å². The van der Waals surface area contributed by atoms with Gasteiger partial charge in [-0.25, -0.2) is 0 Å². The molecule has 90 valence electrons. The molecular formula is C13H16N2O2. The molecule has 0 aromatic carbocycles. The topological polar surface area (TPSA) is 55.5 Å². The second-order valence-electron chi connectivity index (χ2n) is 3.58. The molecule has 4 nitrogen and oxygen atoms in total. The highest BCUT2D eigenvalue weighted by atomic mass is 16.6. The zero-order valence-electron chi connectivity index (χ0n) is 9.87. The molecular weight excluding hydrogens is 216 g/mol. The first-order valence-electron chi connectivity index (χ1n) is 5.63. The summed E-state index contributed by atoms with van der Waals surface area (Å²) in [4.78, 5) is 14.1. The van der Waals surface area contributed by atoms with Crippen LogP contribution in [0.25, 0.3) is 0 Å². The van der Waals surface area contributed by atoms with E-state index in [0.29, 0.717) is 5.57 Å². The quantitative estimate of drug-likeness (QED) is 0.315. The van der Waals surface area contributed by atoms with Crippen LogP contribution < -0.4 is 0 Å². The van der Waals surface area contributed by atoms with E-state index < -0.39 is 4.92 Å². The van der Waals surface area contributed by atoms with Crippen LogP contribution in [0.1, 0.15) is 26.2 Å². The van der Waals surface area contributed by atoms with Crippen molar-refractivity contribution >= 4 is 6.21 Å². The highest BCUT2D eigenvalue weighted by Crippen LogP contribution is 2.21. The predicted octanol–water partition coefficient (Wildman–Crippen LogP) is 3.42. The maximum atomic E-state index is 10.6. The van der Waals surface area contributed by atoms with E-state index in [0.717, 1.165) is 31.0 Å². The van der Waals surface area contributed by atoms with Crippen molar-refractivity contribution in [1.29, 1.82) is 0 Å². The molecule has 0 atom stereocenters.